The molecule has 1 rings (SSSR count). The van der Waals surface area contributed by atoms with E-state index in [1.807, 2.05) is 6.92 Å². The Morgan fingerprint density at radius 3 is 2.50 bits per heavy atom. The topological polar surface area (TPSA) is 105 Å². The van der Waals surface area contributed by atoms with E-state index in [9.17, 15) is 14.4 Å². The first kappa shape index (κ1) is 14.3. The molecule has 1 aliphatic carbocycles. The van der Waals surface area contributed by atoms with Crippen molar-refractivity contribution in [2.24, 2.45) is 5.92 Å². The number of rotatable bonds is 6. The zero-order valence-corrected chi connectivity index (χ0v) is 10.4. The Morgan fingerprint density at radius 1 is 1.44 bits per heavy atom. The maximum absolute atomic E-state index is 11.5. The predicted octanol–water partition coefficient (Wildman–Crippen LogP) is 0.100. The van der Waals surface area contributed by atoms with Gasteiger partial charge in [0.1, 0.15) is 6.04 Å². The third-order valence-electron chi connectivity index (χ3n) is 2.89. The molecule has 7 heteroatoms. The summed E-state index contributed by atoms with van der Waals surface area (Å²) < 4.78 is 4.41. The van der Waals surface area contributed by atoms with Crippen molar-refractivity contribution >= 4 is 18.0 Å². The van der Waals surface area contributed by atoms with E-state index < -0.39 is 24.0 Å². The molecular formula is C11H18N2O5. The average molecular weight is 258 g/mol. The molecule has 0 aromatic rings. The van der Waals surface area contributed by atoms with E-state index in [1.165, 1.54) is 7.11 Å². The van der Waals surface area contributed by atoms with E-state index in [1.54, 1.807) is 0 Å². The molecule has 0 saturated heterocycles. The molecule has 3 atom stereocenters. The maximum Gasteiger partial charge on any atom is 0.326 e. The van der Waals surface area contributed by atoms with Gasteiger partial charge < -0.3 is 20.5 Å². The molecule has 0 radical (unpaired) electrons. The Bertz CT molecular complexity index is 344. The highest BCUT2D eigenvalue weighted by Crippen LogP contribution is 2.28. The molecule has 7 nitrogen and oxygen atoms in total. The number of carbonyl (C=O) groups is 3. The zero-order valence-electron chi connectivity index (χ0n) is 10.4. The molecule has 1 saturated carbocycles. The summed E-state index contributed by atoms with van der Waals surface area (Å²) in [7, 11) is 1.23. The first-order valence-electron chi connectivity index (χ1n) is 5.80. The lowest BCUT2D eigenvalue weighted by molar-refractivity contribution is -0.142. The molecule has 102 valence electrons. The number of amides is 2. The van der Waals surface area contributed by atoms with Gasteiger partial charge >= 0.3 is 18.0 Å². The number of ether oxygens (including phenoxy) is 1. The lowest BCUT2D eigenvalue weighted by atomic mass is 10.1. The summed E-state index contributed by atoms with van der Waals surface area (Å²) in [4.78, 5) is 33.3. The van der Waals surface area contributed by atoms with Crippen molar-refractivity contribution in [1.29, 1.82) is 0 Å². The minimum atomic E-state index is -1.17. The number of carbonyl (C=O) groups excluding carboxylic acids is 2. The molecule has 1 aliphatic rings. The van der Waals surface area contributed by atoms with Gasteiger partial charge in [-0.05, 0) is 18.8 Å². The minimum Gasteiger partial charge on any atom is -0.480 e. The SMILES string of the molecule is COC(=O)CC[C@@H](NC(=O)NC1CC1C)C(=O)O. The predicted molar refractivity (Wildman–Crippen MR) is 61.9 cm³/mol. The number of carboxylic acid groups (broad SMARTS) is 1. The highest BCUT2D eigenvalue weighted by atomic mass is 16.5. The first-order chi connectivity index (χ1) is 8.43. The molecule has 0 aliphatic heterocycles. The van der Waals surface area contributed by atoms with Crippen LogP contribution in [0.2, 0.25) is 0 Å². The van der Waals surface area contributed by atoms with Crippen LogP contribution in [-0.4, -0.2) is 42.3 Å². The number of hydrogen-bond acceptors (Lipinski definition) is 4. The van der Waals surface area contributed by atoms with Crippen LogP contribution in [-0.2, 0) is 14.3 Å². The second-order valence-electron chi connectivity index (χ2n) is 4.44. The number of hydrogen-bond donors (Lipinski definition) is 3. The van der Waals surface area contributed by atoms with Gasteiger partial charge in [0, 0.05) is 12.5 Å². The van der Waals surface area contributed by atoms with Crippen molar-refractivity contribution in [3.63, 3.8) is 0 Å². The number of aliphatic carboxylic acids is 1. The van der Waals surface area contributed by atoms with Gasteiger partial charge in [-0.3, -0.25) is 4.79 Å². The molecule has 2 unspecified atom stereocenters. The van der Waals surface area contributed by atoms with E-state index in [0.717, 1.165) is 6.42 Å². The van der Waals surface area contributed by atoms with Gasteiger partial charge in [0.15, 0.2) is 0 Å². The van der Waals surface area contributed by atoms with Crippen molar-refractivity contribution in [2.45, 2.75) is 38.3 Å². The van der Waals surface area contributed by atoms with Crippen molar-refractivity contribution in [3.05, 3.63) is 0 Å². The summed E-state index contributed by atoms with van der Waals surface area (Å²) in [5, 5.41) is 13.9. The van der Waals surface area contributed by atoms with Crippen LogP contribution in [0.3, 0.4) is 0 Å². The summed E-state index contributed by atoms with van der Waals surface area (Å²) in [6.45, 7) is 2.00. The number of nitrogens with one attached hydrogen (secondary N) is 2. The fraction of sp³-hybridized carbons (Fsp3) is 0.727. The van der Waals surface area contributed by atoms with Crippen molar-refractivity contribution in [1.82, 2.24) is 10.6 Å². The van der Waals surface area contributed by atoms with Gasteiger partial charge in [0.25, 0.3) is 0 Å². The molecule has 0 bridgehead atoms. The molecule has 1 fully saturated rings. The standard InChI is InChI=1S/C11H18N2O5/c1-6-5-8(6)13-11(17)12-7(10(15)16)3-4-9(14)18-2/h6-8H,3-5H2,1-2H3,(H,15,16)(H2,12,13,17)/t6?,7-,8?/m1/s1. The Kier molecular flexibility index (Phi) is 4.94. The summed E-state index contributed by atoms with van der Waals surface area (Å²) in [6, 6.07) is -1.47. The van der Waals surface area contributed by atoms with Gasteiger partial charge in [0.2, 0.25) is 0 Å². The van der Waals surface area contributed by atoms with E-state index in [4.69, 9.17) is 5.11 Å². The molecular weight excluding hydrogens is 240 g/mol. The fourth-order valence-corrected chi connectivity index (χ4v) is 1.51. The summed E-state index contributed by atoms with van der Waals surface area (Å²) in [5.41, 5.74) is 0. The fourth-order valence-electron chi connectivity index (χ4n) is 1.51. The van der Waals surface area contributed by atoms with E-state index in [-0.39, 0.29) is 18.9 Å². The zero-order chi connectivity index (χ0) is 13.7. The van der Waals surface area contributed by atoms with Crippen LogP contribution in [0.1, 0.15) is 26.2 Å². The van der Waals surface area contributed by atoms with Crippen molar-refractivity contribution < 1.29 is 24.2 Å². The van der Waals surface area contributed by atoms with Gasteiger partial charge in [0.05, 0.1) is 7.11 Å². The van der Waals surface area contributed by atoms with Crippen LogP contribution in [0.15, 0.2) is 0 Å². The highest BCUT2D eigenvalue weighted by Gasteiger charge is 2.34. The van der Waals surface area contributed by atoms with Crippen LogP contribution in [0.4, 0.5) is 4.79 Å². The van der Waals surface area contributed by atoms with Gasteiger partial charge in [-0.2, -0.15) is 0 Å². The maximum atomic E-state index is 11.5. The largest absolute Gasteiger partial charge is 0.480 e. The van der Waals surface area contributed by atoms with Crippen molar-refractivity contribution in [2.75, 3.05) is 7.11 Å². The third kappa shape index (κ3) is 4.60. The monoisotopic (exact) mass is 258 g/mol. The second kappa shape index (κ2) is 6.23. The molecule has 0 aromatic heterocycles. The van der Waals surface area contributed by atoms with Gasteiger partial charge in [-0.25, -0.2) is 9.59 Å². The van der Waals surface area contributed by atoms with Gasteiger partial charge in [-0.15, -0.1) is 0 Å². The van der Waals surface area contributed by atoms with Crippen molar-refractivity contribution in [3.8, 4) is 0 Å². The van der Waals surface area contributed by atoms with Gasteiger partial charge in [-0.1, -0.05) is 6.92 Å². The minimum absolute atomic E-state index is 0.00957. The normalized spacial score (nSPS) is 22.8. The molecule has 0 aromatic carbocycles. The molecule has 0 heterocycles. The van der Waals surface area contributed by atoms with Crippen LogP contribution < -0.4 is 10.6 Å². The smallest absolute Gasteiger partial charge is 0.326 e. The number of methoxy groups -OCH3 is 1. The number of esters is 1. The van der Waals surface area contributed by atoms with Crippen LogP contribution >= 0.6 is 0 Å². The van der Waals surface area contributed by atoms with E-state index in [0.29, 0.717) is 5.92 Å². The quantitative estimate of drug-likeness (QED) is 0.586. The summed E-state index contributed by atoms with van der Waals surface area (Å²) in [6.07, 6.45) is 0.872. The Balaban J connectivity index is 2.34. The summed E-state index contributed by atoms with van der Waals surface area (Å²) in [5.74, 6) is -1.23. The Morgan fingerprint density at radius 2 is 2.06 bits per heavy atom. The van der Waals surface area contributed by atoms with Crippen LogP contribution in [0.25, 0.3) is 0 Å². The van der Waals surface area contributed by atoms with Crippen LogP contribution in [0.5, 0.6) is 0 Å². The van der Waals surface area contributed by atoms with E-state index in [2.05, 4.69) is 15.4 Å². The summed E-state index contributed by atoms with van der Waals surface area (Å²) >= 11 is 0. The molecule has 2 amide bonds. The Labute approximate surface area is 105 Å². The molecule has 3 N–H and O–H groups in total. The number of urea groups is 1. The Hall–Kier alpha value is -1.79. The first-order valence-corrected chi connectivity index (χ1v) is 5.80. The highest BCUT2D eigenvalue weighted by molar-refractivity contribution is 5.83. The second-order valence-corrected chi connectivity index (χ2v) is 4.44. The van der Waals surface area contributed by atoms with E-state index >= 15 is 0 Å². The lowest BCUT2D eigenvalue weighted by Crippen LogP contribution is -2.47. The molecule has 0 spiro atoms. The average Bonchev–Trinajstić information content (AvgIpc) is 2.99. The third-order valence-corrected chi connectivity index (χ3v) is 2.89. The van der Waals surface area contributed by atoms with Crippen LogP contribution in [0, 0.1) is 5.92 Å². The lowest BCUT2D eigenvalue weighted by Gasteiger charge is -2.14. The number of carboxylic acids is 1. The molecule has 18 heavy (non-hydrogen) atoms.